The molecule has 21 heavy (non-hydrogen) atoms. The number of halogens is 1. The van der Waals surface area contributed by atoms with E-state index in [4.69, 9.17) is 4.74 Å². The van der Waals surface area contributed by atoms with E-state index in [1.165, 1.54) is 6.33 Å². The van der Waals surface area contributed by atoms with E-state index in [0.717, 1.165) is 31.2 Å². The van der Waals surface area contributed by atoms with Gasteiger partial charge in [-0.2, -0.15) is 0 Å². The second kappa shape index (κ2) is 6.44. The van der Waals surface area contributed by atoms with Crippen molar-refractivity contribution in [2.24, 2.45) is 0 Å². The van der Waals surface area contributed by atoms with Crippen LogP contribution in [0.1, 0.15) is 25.5 Å². The van der Waals surface area contributed by atoms with Gasteiger partial charge in [0, 0.05) is 6.61 Å². The quantitative estimate of drug-likeness (QED) is 0.774. The van der Waals surface area contributed by atoms with Crippen molar-refractivity contribution >= 4 is 11.8 Å². The maximum absolute atomic E-state index is 14.2. The predicted octanol–water partition coefficient (Wildman–Crippen LogP) is 1.49. The molecule has 9 heteroatoms. The fourth-order valence-electron chi connectivity index (χ4n) is 2.16. The molecule has 0 amide bonds. The Morgan fingerprint density at radius 1 is 1.48 bits per heavy atom. The highest BCUT2D eigenvalue weighted by Gasteiger charge is 2.20. The molecule has 0 aromatic carbocycles. The predicted molar refractivity (Wildman–Crippen MR) is 72.3 cm³/mol. The van der Waals surface area contributed by atoms with E-state index < -0.39 is 5.82 Å². The van der Waals surface area contributed by atoms with Crippen LogP contribution < -0.4 is 0 Å². The Bertz CT molecular complexity index is 616. The molecule has 1 saturated heterocycles. The molecule has 3 heterocycles. The van der Waals surface area contributed by atoms with Crippen molar-refractivity contribution in [3.8, 4) is 0 Å². The van der Waals surface area contributed by atoms with Gasteiger partial charge in [0.05, 0.1) is 18.3 Å². The van der Waals surface area contributed by atoms with Crippen molar-refractivity contribution in [2.75, 3.05) is 6.61 Å². The van der Waals surface area contributed by atoms with Crippen molar-refractivity contribution in [3.05, 3.63) is 17.8 Å². The molecule has 0 bridgehead atoms. The van der Waals surface area contributed by atoms with E-state index in [9.17, 15) is 4.39 Å². The van der Waals surface area contributed by atoms with Crippen molar-refractivity contribution < 1.29 is 9.13 Å². The van der Waals surface area contributed by atoms with Gasteiger partial charge < -0.3 is 4.74 Å². The molecule has 0 spiro atoms. The lowest BCUT2D eigenvalue weighted by molar-refractivity contribution is 0.0912. The van der Waals surface area contributed by atoms with Crippen LogP contribution in [0.5, 0.6) is 0 Å². The third-order valence-electron chi connectivity index (χ3n) is 3.25. The van der Waals surface area contributed by atoms with E-state index in [1.54, 1.807) is 4.68 Å². The molecule has 1 aliphatic rings. The van der Waals surface area contributed by atoms with E-state index in [2.05, 4.69) is 25.5 Å². The molecule has 0 radical (unpaired) electrons. The topological polar surface area (TPSA) is 78.6 Å². The van der Waals surface area contributed by atoms with Gasteiger partial charge in [-0.25, -0.2) is 19.0 Å². The lowest BCUT2D eigenvalue weighted by Gasteiger charge is -2.10. The highest BCUT2D eigenvalue weighted by molar-refractivity contribution is 7.99. The SMILES string of the molecule is CCc1ncnc(Sc2nnnn2CC2CCCO2)c1F. The van der Waals surface area contributed by atoms with Crippen LogP contribution >= 0.6 is 11.8 Å². The average molecular weight is 310 g/mol. The highest BCUT2D eigenvalue weighted by Crippen LogP contribution is 2.27. The Labute approximate surface area is 125 Å². The zero-order valence-electron chi connectivity index (χ0n) is 11.6. The van der Waals surface area contributed by atoms with Crippen molar-refractivity contribution in [1.29, 1.82) is 0 Å². The molecule has 1 unspecified atom stereocenters. The van der Waals surface area contributed by atoms with Crippen LogP contribution in [-0.4, -0.2) is 42.9 Å². The Morgan fingerprint density at radius 3 is 3.14 bits per heavy atom. The van der Waals surface area contributed by atoms with Crippen molar-refractivity contribution in [1.82, 2.24) is 30.2 Å². The molecule has 1 atom stereocenters. The van der Waals surface area contributed by atoms with Crippen LogP contribution in [0.2, 0.25) is 0 Å². The number of tetrazole rings is 1. The molecule has 1 fully saturated rings. The van der Waals surface area contributed by atoms with E-state index in [-0.39, 0.29) is 11.1 Å². The summed E-state index contributed by atoms with van der Waals surface area (Å²) in [6.45, 7) is 3.19. The summed E-state index contributed by atoms with van der Waals surface area (Å²) in [6, 6.07) is 0. The van der Waals surface area contributed by atoms with Gasteiger partial charge in [-0.05, 0) is 41.5 Å². The molecule has 0 aliphatic carbocycles. The fraction of sp³-hybridized carbons (Fsp3) is 0.583. The summed E-state index contributed by atoms with van der Waals surface area (Å²) in [7, 11) is 0. The smallest absolute Gasteiger partial charge is 0.215 e. The maximum Gasteiger partial charge on any atom is 0.215 e. The summed E-state index contributed by atoms with van der Waals surface area (Å²) < 4.78 is 21.4. The Hall–Kier alpha value is -1.61. The molecule has 2 aromatic heterocycles. The fourth-order valence-corrected chi connectivity index (χ4v) is 2.93. The normalized spacial score (nSPS) is 18.3. The van der Waals surface area contributed by atoms with Gasteiger partial charge >= 0.3 is 0 Å². The number of aryl methyl sites for hydroxylation is 1. The number of aromatic nitrogens is 6. The van der Waals surface area contributed by atoms with Crippen LogP contribution in [0.4, 0.5) is 4.39 Å². The summed E-state index contributed by atoms with van der Waals surface area (Å²) in [4.78, 5) is 7.89. The maximum atomic E-state index is 14.2. The monoisotopic (exact) mass is 310 g/mol. The van der Waals surface area contributed by atoms with Crippen LogP contribution in [0, 0.1) is 5.82 Å². The number of nitrogens with zero attached hydrogens (tertiary/aromatic N) is 6. The zero-order chi connectivity index (χ0) is 14.7. The molecule has 7 nitrogen and oxygen atoms in total. The Kier molecular flexibility index (Phi) is 4.39. The summed E-state index contributed by atoms with van der Waals surface area (Å²) >= 11 is 1.11. The molecule has 0 saturated carbocycles. The molecular weight excluding hydrogens is 295 g/mol. The third-order valence-corrected chi connectivity index (χ3v) is 4.21. The van der Waals surface area contributed by atoms with Crippen molar-refractivity contribution in [2.45, 2.75) is 49.0 Å². The minimum atomic E-state index is -0.406. The van der Waals surface area contributed by atoms with E-state index >= 15 is 0 Å². The van der Waals surface area contributed by atoms with Gasteiger partial charge in [0.25, 0.3) is 0 Å². The van der Waals surface area contributed by atoms with E-state index in [0.29, 0.717) is 23.8 Å². The van der Waals surface area contributed by atoms with Crippen LogP contribution in [0.3, 0.4) is 0 Å². The first-order valence-corrected chi connectivity index (χ1v) is 7.64. The summed E-state index contributed by atoms with van der Waals surface area (Å²) in [5, 5.41) is 12.3. The molecule has 2 aromatic rings. The molecular formula is C12H15FN6OS. The largest absolute Gasteiger partial charge is 0.376 e. The lowest BCUT2D eigenvalue weighted by Crippen LogP contribution is -2.17. The molecule has 1 aliphatic heterocycles. The number of ether oxygens (including phenoxy) is 1. The van der Waals surface area contributed by atoms with Crippen molar-refractivity contribution in [3.63, 3.8) is 0 Å². The summed E-state index contributed by atoms with van der Waals surface area (Å²) in [5.74, 6) is -0.406. The first-order chi connectivity index (χ1) is 10.3. The minimum absolute atomic E-state index is 0.120. The number of rotatable bonds is 5. The van der Waals surface area contributed by atoms with Crippen LogP contribution in [-0.2, 0) is 17.7 Å². The highest BCUT2D eigenvalue weighted by atomic mass is 32.2. The van der Waals surface area contributed by atoms with Gasteiger partial charge in [-0.15, -0.1) is 5.10 Å². The zero-order valence-corrected chi connectivity index (χ0v) is 12.4. The number of hydrogen-bond donors (Lipinski definition) is 0. The second-order valence-corrected chi connectivity index (χ2v) is 5.63. The first-order valence-electron chi connectivity index (χ1n) is 6.83. The lowest BCUT2D eigenvalue weighted by atomic mass is 10.2. The summed E-state index contributed by atoms with van der Waals surface area (Å²) in [6.07, 6.45) is 4.04. The molecule has 0 N–H and O–H groups in total. The van der Waals surface area contributed by atoms with Gasteiger partial charge in [-0.3, -0.25) is 0 Å². The summed E-state index contributed by atoms with van der Waals surface area (Å²) in [5.41, 5.74) is 0.394. The first kappa shape index (κ1) is 14.3. The van der Waals surface area contributed by atoms with Crippen LogP contribution in [0.15, 0.2) is 16.5 Å². The Balaban J connectivity index is 1.77. The van der Waals surface area contributed by atoms with Crippen LogP contribution in [0.25, 0.3) is 0 Å². The van der Waals surface area contributed by atoms with Gasteiger partial charge in [-0.1, -0.05) is 6.92 Å². The number of hydrogen-bond acceptors (Lipinski definition) is 7. The van der Waals surface area contributed by atoms with Gasteiger partial charge in [0.1, 0.15) is 11.4 Å². The minimum Gasteiger partial charge on any atom is -0.376 e. The van der Waals surface area contributed by atoms with Gasteiger partial charge in [0.15, 0.2) is 5.82 Å². The standard InChI is InChI=1S/C12H15FN6OS/c1-2-9-10(13)11(15-7-14-9)21-12-16-17-18-19(12)6-8-4-3-5-20-8/h7-8H,2-6H2,1H3. The Morgan fingerprint density at radius 2 is 2.38 bits per heavy atom. The van der Waals surface area contributed by atoms with E-state index in [1.807, 2.05) is 6.92 Å². The molecule has 3 rings (SSSR count). The van der Waals surface area contributed by atoms with Gasteiger partial charge in [0.2, 0.25) is 5.16 Å². The average Bonchev–Trinajstić information content (AvgIpc) is 3.14. The third kappa shape index (κ3) is 3.18. The second-order valence-electron chi connectivity index (χ2n) is 4.67. The molecule has 112 valence electrons.